The minimum Gasteiger partial charge on any atom is -0.488 e. The zero-order chi connectivity index (χ0) is 23.8. The number of nitrogens with zero attached hydrogens (tertiary/aromatic N) is 1. The molecule has 0 fully saturated rings. The number of hydrogen-bond donors (Lipinski definition) is 2. The van der Waals surface area contributed by atoms with Crippen LogP contribution in [0.1, 0.15) is 23.1 Å². The summed E-state index contributed by atoms with van der Waals surface area (Å²) in [5.74, 6) is -0.295. The van der Waals surface area contributed by atoms with Gasteiger partial charge in [-0.1, -0.05) is 47.5 Å². The summed E-state index contributed by atoms with van der Waals surface area (Å²) in [7, 11) is 0. The van der Waals surface area contributed by atoms with Gasteiger partial charge in [-0.2, -0.15) is 5.10 Å². The molecule has 0 aliphatic rings. The van der Waals surface area contributed by atoms with Crippen LogP contribution < -0.4 is 15.5 Å². The number of para-hydroxylation sites is 1. The number of hydrogen-bond acceptors (Lipinski definition) is 4. The Labute approximate surface area is 210 Å². The van der Waals surface area contributed by atoms with Crippen molar-refractivity contribution in [2.24, 2.45) is 5.10 Å². The van der Waals surface area contributed by atoms with Gasteiger partial charge in [0.2, 0.25) is 11.8 Å². The first kappa shape index (κ1) is 24.8. The molecule has 2 N–H and O–H groups in total. The molecule has 3 aromatic carbocycles. The molecule has 0 bridgehead atoms. The standard InChI is InChI=1S/C24H20BrCl2N3O3/c1-15-4-2-3-5-21(15)29-23(31)12-24(32)30-28-13-16-7-9-22(18(25)10-16)33-14-17-6-8-19(26)20(27)11-17/h2-11,13H,12,14H2,1H3,(H,29,31)(H,30,32). The van der Waals surface area contributed by atoms with Gasteiger partial charge in [0.05, 0.1) is 20.7 Å². The Hall–Kier alpha value is -2.87. The van der Waals surface area contributed by atoms with Gasteiger partial charge in [-0.25, -0.2) is 5.43 Å². The second-order valence-corrected chi connectivity index (χ2v) is 8.73. The SMILES string of the molecule is Cc1ccccc1NC(=O)CC(=O)NN=Cc1ccc(OCc2ccc(Cl)c(Cl)c2)c(Br)c1. The van der Waals surface area contributed by atoms with Crippen LogP contribution in [-0.2, 0) is 16.2 Å². The highest BCUT2D eigenvalue weighted by molar-refractivity contribution is 9.10. The van der Waals surface area contributed by atoms with Crippen LogP contribution in [0.3, 0.4) is 0 Å². The third-order valence-corrected chi connectivity index (χ3v) is 5.84. The molecular formula is C24H20BrCl2N3O3. The van der Waals surface area contributed by atoms with E-state index in [4.69, 9.17) is 27.9 Å². The van der Waals surface area contributed by atoms with Crippen LogP contribution in [0, 0.1) is 6.92 Å². The van der Waals surface area contributed by atoms with E-state index in [1.807, 2.05) is 31.2 Å². The molecule has 33 heavy (non-hydrogen) atoms. The maximum Gasteiger partial charge on any atom is 0.249 e. The Kier molecular flexibility index (Phi) is 8.88. The Morgan fingerprint density at radius 2 is 1.82 bits per heavy atom. The van der Waals surface area contributed by atoms with Crippen molar-refractivity contribution in [3.8, 4) is 5.75 Å². The number of rotatable bonds is 8. The number of amides is 2. The van der Waals surface area contributed by atoms with Crippen LogP contribution in [0.5, 0.6) is 5.75 Å². The summed E-state index contributed by atoms with van der Waals surface area (Å²) < 4.78 is 6.53. The Bertz CT molecular complexity index is 1200. The molecule has 9 heteroatoms. The quantitative estimate of drug-likeness (QED) is 0.202. The van der Waals surface area contributed by atoms with Crippen LogP contribution in [0.25, 0.3) is 0 Å². The van der Waals surface area contributed by atoms with E-state index in [-0.39, 0.29) is 6.42 Å². The largest absolute Gasteiger partial charge is 0.488 e. The highest BCUT2D eigenvalue weighted by Crippen LogP contribution is 2.28. The number of nitrogens with one attached hydrogen (secondary N) is 2. The number of carbonyl (C=O) groups is 2. The lowest BCUT2D eigenvalue weighted by atomic mass is 10.2. The minimum absolute atomic E-state index is 0.323. The number of benzene rings is 3. The first-order chi connectivity index (χ1) is 15.8. The first-order valence-corrected chi connectivity index (χ1v) is 11.4. The van der Waals surface area contributed by atoms with Crippen molar-refractivity contribution in [3.63, 3.8) is 0 Å². The molecule has 2 amide bonds. The lowest BCUT2D eigenvalue weighted by molar-refractivity contribution is -0.126. The molecule has 0 radical (unpaired) electrons. The molecule has 0 heterocycles. The molecule has 0 unspecified atom stereocenters. The topological polar surface area (TPSA) is 79.8 Å². The molecule has 3 aromatic rings. The number of aryl methyl sites for hydroxylation is 1. The van der Waals surface area contributed by atoms with Crippen molar-refractivity contribution < 1.29 is 14.3 Å². The molecule has 170 valence electrons. The van der Waals surface area contributed by atoms with Gasteiger partial charge < -0.3 is 10.1 Å². The number of ether oxygens (including phenoxy) is 1. The molecule has 0 saturated carbocycles. The molecule has 0 spiro atoms. The van der Waals surface area contributed by atoms with Crippen LogP contribution in [0.15, 0.2) is 70.2 Å². The summed E-state index contributed by atoms with van der Waals surface area (Å²) in [6.07, 6.45) is 1.14. The van der Waals surface area contributed by atoms with E-state index >= 15 is 0 Å². The molecule has 0 saturated heterocycles. The molecule has 0 aliphatic heterocycles. The number of halogens is 3. The summed E-state index contributed by atoms with van der Waals surface area (Å²) in [6.45, 7) is 2.20. The van der Waals surface area contributed by atoms with Crippen molar-refractivity contribution in [2.45, 2.75) is 20.0 Å². The van der Waals surface area contributed by atoms with Crippen LogP contribution in [0.4, 0.5) is 5.69 Å². The molecule has 6 nitrogen and oxygen atoms in total. The van der Waals surface area contributed by atoms with Crippen molar-refractivity contribution in [2.75, 3.05) is 5.32 Å². The second-order valence-electron chi connectivity index (χ2n) is 7.06. The highest BCUT2D eigenvalue weighted by atomic mass is 79.9. The summed E-state index contributed by atoms with van der Waals surface area (Å²) in [4.78, 5) is 24.0. The van der Waals surface area contributed by atoms with Gasteiger partial charge in [0.15, 0.2) is 0 Å². The summed E-state index contributed by atoms with van der Waals surface area (Å²) in [5.41, 5.74) is 5.56. The maximum absolute atomic E-state index is 12.0. The van der Waals surface area contributed by atoms with Gasteiger partial charge in [0.25, 0.3) is 0 Å². The lowest BCUT2D eigenvalue weighted by Gasteiger charge is -2.09. The number of anilines is 1. The van der Waals surface area contributed by atoms with Crippen molar-refractivity contribution in [1.29, 1.82) is 0 Å². The molecule has 3 rings (SSSR count). The lowest BCUT2D eigenvalue weighted by Crippen LogP contribution is -2.24. The van der Waals surface area contributed by atoms with Crippen LogP contribution in [-0.4, -0.2) is 18.0 Å². The molecule has 0 aromatic heterocycles. The van der Waals surface area contributed by atoms with Crippen LogP contribution in [0.2, 0.25) is 10.0 Å². The normalized spacial score (nSPS) is 10.8. The van der Waals surface area contributed by atoms with Crippen LogP contribution >= 0.6 is 39.1 Å². The van der Waals surface area contributed by atoms with Gasteiger partial charge in [-0.15, -0.1) is 0 Å². The van der Waals surface area contributed by atoms with Crippen molar-refractivity contribution in [3.05, 3.63) is 91.9 Å². The van der Waals surface area contributed by atoms with E-state index in [1.165, 1.54) is 6.21 Å². The fourth-order valence-corrected chi connectivity index (χ4v) is 3.61. The van der Waals surface area contributed by atoms with Gasteiger partial charge in [-0.3, -0.25) is 9.59 Å². The number of hydrazone groups is 1. The minimum atomic E-state index is -0.516. The van der Waals surface area contributed by atoms with E-state index in [2.05, 4.69) is 31.8 Å². The smallest absolute Gasteiger partial charge is 0.249 e. The Morgan fingerprint density at radius 1 is 1.03 bits per heavy atom. The number of carbonyl (C=O) groups excluding carboxylic acids is 2. The third kappa shape index (κ3) is 7.60. The summed E-state index contributed by atoms with van der Waals surface area (Å²) in [6, 6.07) is 18.0. The Morgan fingerprint density at radius 3 is 2.55 bits per heavy atom. The van der Waals surface area contributed by atoms with E-state index in [0.717, 1.165) is 21.2 Å². The summed E-state index contributed by atoms with van der Waals surface area (Å²) in [5, 5.41) is 7.58. The predicted molar refractivity (Wildman–Crippen MR) is 135 cm³/mol. The van der Waals surface area contributed by atoms with E-state index in [9.17, 15) is 9.59 Å². The first-order valence-electron chi connectivity index (χ1n) is 9.85. The van der Waals surface area contributed by atoms with Gasteiger partial charge in [0, 0.05) is 5.69 Å². The second kappa shape index (κ2) is 11.8. The monoisotopic (exact) mass is 547 g/mol. The third-order valence-electron chi connectivity index (χ3n) is 4.48. The molecular weight excluding hydrogens is 529 g/mol. The average molecular weight is 549 g/mol. The predicted octanol–water partition coefficient (Wildman–Crippen LogP) is 6.12. The van der Waals surface area contributed by atoms with Gasteiger partial charge in [0.1, 0.15) is 18.8 Å². The van der Waals surface area contributed by atoms with Crippen molar-refractivity contribution >= 4 is 62.8 Å². The zero-order valence-electron chi connectivity index (χ0n) is 17.6. The fourth-order valence-electron chi connectivity index (χ4n) is 2.78. The van der Waals surface area contributed by atoms with Crippen molar-refractivity contribution in [1.82, 2.24) is 5.43 Å². The highest BCUT2D eigenvalue weighted by Gasteiger charge is 2.10. The zero-order valence-corrected chi connectivity index (χ0v) is 20.7. The molecule has 0 atom stereocenters. The van der Waals surface area contributed by atoms with Gasteiger partial charge >= 0.3 is 0 Å². The fraction of sp³-hybridized carbons (Fsp3) is 0.125. The van der Waals surface area contributed by atoms with E-state index in [1.54, 1.807) is 36.4 Å². The Balaban J connectivity index is 1.49. The average Bonchev–Trinajstić information content (AvgIpc) is 2.77. The molecule has 0 aliphatic carbocycles. The van der Waals surface area contributed by atoms with Gasteiger partial charge in [-0.05, 0) is 75.9 Å². The van der Waals surface area contributed by atoms with E-state index in [0.29, 0.717) is 28.1 Å². The summed E-state index contributed by atoms with van der Waals surface area (Å²) >= 11 is 15.4. The van der Waals surface area contributed by atoms with E-state index < -0.39 is 11.8 Å². The maximum atomic E-state index is 12.0.